The molecule has 1 unspecified atom stereocenters. The summed E-state index contributed by atoms with van der Waals surface area (Å²) in [7, 11) is 1.07. The summed E-state index contributed by atoms with van der Waals surface area (Å²) in [5.41, 5.74) is 0. The number of ether oxygens (including phenoxy) is 2. The predicted molar refractivity (Wildman–Crippen MR) is 44.6 cm³/mol. The van der Waals surface area contributed by atoms with Crippen molar-refractivity contribution in [2.75, 3.05) is 13.7 Å². The molecule has 0 heterocycles. The van der Waals surface area contributed by atoms with Crippen LogP contribution in [0, 0.1) is 0 Å². The lowest BCUT2D eigenvalue weighted by molar-refractivity contribution is -0.192. The van der Waals surface area contributed by atoms with Gasteiger partial charge in [-0.25, -0.2) is 9.59 Å². The molecular formula is C8H12F2O5. The minimum Gasteiger partial charge on any atom is -0.477 e. The normalized spacial score (nSPS) is 13.3. The standard InChI is InChI=1S/C8H12F2O5/c1-3-5(8(9,10)7(12)13)15-4-6(11)14-2/h5H,3-4H2,1-2H3,(H,12,13). The van der Waals surface area contributed by atoms with Gasteiger partial charge in [-0.3, -0.25) is 0 Å². The zero-order chi connectivity index (χ0) is 12.1. The number of halogens is 2. The van der Waals surface area contributed by atoms with Gasteiger partial charge in [0.15, 0.2) is 0 Å². The second-order valence-electron chi connectivity index (χ2n) is 2.71. The number of carbonyl (C=O) groups is 2. The molecule has 0 spiro atoms. The monoisotopic (exact) mass is 226 g/mol. The number of aliphatic carboxylic acids is 1. The van der Waals surface area contributed by atoms with Crippen LogP contribution in [0.15, 0.2) is 0 Å². The maximum atomic E-state index is 12.9. The average molecular weight is 226 g/mol. The van der Waals surface area contributed by atoms with Gasteiger partial charge in [0.2, 0.25) is 0 Å². The second kappa shape index (κ2) is 5.59. The third-order valence-electron chi connectivity index (χ3n) is 1.69. The molecule has 0 radical (unpaired) electrons. The van der Waals surface area contributed by atoms with E-state index in [-0.39, 0.29) is 6.42 Å². The van der Waals surface area contributed by atoms with Crippen LogP contribution in [0.25, 0.3) is 0 Å². The molecule has 1 atom stereocenters. The van der Waals surface area contributed by atoms with Crippen LogP contribution in [0.3, 0.4) is 0 Å². The van der Waals surface area contributed by atoms with Crippen LogP contribution in [0.1, 0.15) is 13.3 Å². The minimum absolute atomic E-state index is 0.226. The molecule has 0 fully saturated rings. The Morgan fingerprint density at radius 2 is 2.00 bits per heavy atom. The van der Waals surface area contributed by atoms with Crippen LogP contribution in [-0.4, -0.2) is 42.8 Å². The van der Waals surface area contributed by atoms with Gasteiger partial charge in [0.1, 0.15) is 12.7 Å². The fraction of sp³-hybridized carbons (Fsp3) is 0.750. The van der Waals surface area contributed by atoms with Gasteiger partial charge in [0, 0.05) is 0 Å². The third-order valence-corrected chi connectivity index (χ3v) is 1.69. The number of hydrogen-bond acceptors (Lipinski definition) is 4. The summed E-state index contributed by atoms with van der Waals surface area (Å²) in [5.74, 6) is -7.13. The molecule has 7 heteroatoms. The number of carboxylic acid groups (broad SMARTS) is 1. The maximum absolute atomic E-state index is 12.9. The van der Waals surface area contributed by atoms with E-state index >= 15 is 0 Å². The summed E-state index contributed by atoms with van der Waals surface area (Å²) in [6, 6.07) is 0. The highest BCUT2D eigenvalue weighted by molar-refractivity contribution is 5.76. The van der Waals surface area contributed by atoms with Crippen LogP contribution < -0.4 is 0 Å². The minimum atomic E-state index is -4.01. The predicted octanol–water partition coefficient (Wildman–Crippen LogP) is 0.674. The highest BCUT2D eigenvalue weighted by atomic mass is 19.3. The van der Waals surface area contributed by atoms with Crippen molar-refractivity contribution >= 4 is 11.9 Å². The molecule has 0 amide bonds. The van der Waals surface area contributed by atoms with Crippen LogP contribution in [0.4, 0.5) is 8.78 Å². The summed E-state index contributed by atoms with van der Waals surface area (Å²) in [5, 5.41) is 8.22. The molecule has 0 aromatic rings. The first-order chi connectivity index (χ1) is 6.86. The van der Waals surface area contributed by atoms with E-state index in [1.165, 1.54) is 6.92 Å². The summed E-state index contributed by atoms with van der Waals surface area (Å²) < 4.78 is 34.4. The van der Waals surface area contributed by atoms with Crippen LogP contribution in [0.5, 0.6) is 0 Å². The Bertz CT molecular complexity index is 241. The molecule has 1 N–H and O–H groups in total. The molecule has 0 aromatic heterocycles. The molecule has 0 aromatic carbocycles. The Hall–Kier alpha value is -1.24. The highest BCUT2D eigenvalue weighted by Gasteiger charge is 2.47. The highest BCUT2D eigenvalue weighted by Crippen LogP contribution is 2.24. The molecule has 0 bridgehead atoms. The van der Waals surface area contributed by atoms with Gasteiger partial charge >= 0.3 is 17.9 Å². The van der Waals surface area contributed by atoms with Crippen molar-refractivity contribution in [3.63, 3.8) is 0 Å². The first kappa shape index (κ1) is 13.8. The molecule has 0 aliphatic carbocycles. The van der Waals surface area contributed by atoms with Crippen molar-refractivity contribution in [1.29, 1.82) is 0 Å². The molecule has 0 rings (SSSR count). The number of carboxylic acids is 1. The number of alkyl halides is 2. The van der Waals surface area contributed by atoms with Gasteiger partial charge in [-0.1, -0.05) is 6.92 Å². The largest absolute Gasteiger partial charge is 0.477 e. The molecule has 0 saturated heterocycles. The molecule has 15 heavy (non-hydrogen) atoms. The zero-order valence-electron chi connectivity index (χ0n) is 8.33. The lowest BCUT2D eigenvalue weighted by Gasteiger charge is -2.21. The quantitative estimate of drug-likeness (QED) is 0.674. The Morgan fingerprint density at radius 1 is 1.47 bits per heavy atom. The fourth-order valence-electron chi connectivity index (χ4n) is 0.844. The van der Waals surface area contributed by atoms with Crippen molar-refractivity contribution in [1.82, 2.24) is 0 Å². The van der Waals surface area contributed by atoms with E-state index in [0.29, 0.717) is 0 Å². The van der Waals surface area contributed by atoms with Gasteiger partial charge in [0.25, 0.3) is 0 Å². The van der Waals surface area contributed by atoms with Crippen LogP contribution in [0.2, 0.25) is 0 Å². The number of carbonyl (C=O) groups excluding carboxylic acids is 1. The van der Waals surface area contributed by atoms with Gasteiger partial charge in [-0.15, -0.1) is 0 Å². The van der Waals surface area contributed by atoms with Crippen molar-refractivity contribution in [2.45, 2.75) is 25.4 Å². The van der Waals surface area contributed by atoms with Gasteiger partial charge in [-0.05, 0) is 6.42 Å². The fourth-order valence-corrected chi connectivity index (χ4v) is 0.844. The van der Waals surface area contributed by atoms with Crippen molar-refractivity contribution in [3.8, 4) is 0 Å². The number of methoxy groups -OCH3 is 1. The molecule has 0 aliphatic rings. The number of hydrogen-bond donors (Lipinski definition) is 1. The summed E-state index contributed by atoms with van der Waals surface area (Å²) in [6.45, 7) is 0.636. The Labute approximate surface area is 85.0 Å². The van der Waals surface area contributed by atoms with Gasteiger partial charge in [-0.2, -0.15) is 8.78 Å². The summed E-state index contributed by atoms with van der Waals surface area (Å²) >= 11 is 0. The first-order valence-electron chi connectivity index (χ1n) is 4.15. The first-order valence-corrected chi connectivity index (χ1v) is 4.15. The van der Waals surface area contributed by atoms with E-state index in [1.807, 2.05) is 0 Å². The average Bonchev–Trinajstić information content (AvgIpc) is 2.17. The van der Waals surface area contributed by atoms with Crippen molar-refractivity contribution in [3.05, 3.63) is 0 Å². The third kappa shape index (κ3) is 3.78. The lowest BCUT2D eigenvalue weighted by atomic mass is 10.1. The topological polar surface area (TPSA) is 72.8 Å². The maximum Gasteiger partial charge on any atom is 0.377 e. The number of esters is 1. The molecule has 0 aliphatic heterocycles. The smallest absolute Gasteiger partial charge is 0.377 e. The van der Waals surface area contributed by atoms with Crippen LogP contribution >= 0.6 is 0 Å². The van der Waals surface area contributed by atoms with E-state index < -0.39 is 30.6 Å². The van der Waals surface area contributed by atoms with Crippen LogP contribution in [-0.2, 0) is 19.1 Å². The molecule has 5 nitrogen and oxygen atoms in total. The summed E-state index contributed by atoms with van der Waals surface area (Å²) in [4.78, 5) is 20.8. The molecule has 0 saturated carbocycles. The van der Waals surface area contributed by atoms with E-state index in [9.17, 15) is 18.4 Å². The number of rotatable bonds is 6. The van der Waals surface area contributed by atoms with Gasteiger partial charge < -0.3 is 14.6 Å². The SMILES string of the molecule is CCC(OCC(=O)OC)C(F)(F)C(=O)O. The van der Waals surface area contributed by atoms with Crippen molar-refractivity contribution < 1.29 is 33.0 Å². The molecular weight excluding hydrogens is 214 g/mol. The van der Waals surface area contributed by atoms with Gasteiger partial charge in [0.05, 0.1) is 7.11 Å². The van der Waals surface area contributed by atoms with E-state index in [4.69, 9.17) is 5.11 Å². The second-order valence-corrected chi connectivity index (χ2v) is 2.71. The Morgan fingerprint density at radius 3 is 2.33 bits per heavy atom. The summed E-state index contributed by atoms with van der Waals surface area (Å²) in [6.07, 6.45) is -2.06. The zero-order valence-corrected chi connectivity index (χ0v) is 8.33. The molecule has 88 valence electrons. The van der Waals surface area contributed by atoms with Crippen molar-refractivity contribution in [2.24, 2.45) is 0 Å². The van der Waals surface area contributed by atoms with E-state index in [2.05, 4.69) is 9.47 Å². The Balaban J connectivity index is 4.37. The van der Waals surface area contributed by atoms with E-state index in [1.54, 1.807) is 0 Å². The lowest BCUT2D eigenvalue weighted by Crippen LogP contribution is -2.43. The van der Waals surface area contributed by atoms with E-state index in [0.717, 1.165) is 7.11 Å². The Kier molecular flexibility index (Phi) is 5.13.